The van der Waals surface area contributed by atoms with Gasteiger partial charge in [0.15, 0.2) is 0 Å². The molecule has 0 aliphatic carbocycles. The number of nitrogens with zero attached hydrogens (tertiary/aromatic N) is 1. The maximum atomic E-state index is 12.5. The number of ether oxygens (including phenoxy) is 1. The average molecular weight is 324 g/mol. The molecule has 2 N–H and O–H groups in total. The van der Waals surface area contributed by atoms with E-state index in [4.69, 9.17) is 16.3 Å². The van der Waals surface area contributed by atoms with E-state index in [1.807, 2.05) is 29.2 Å². The van der Waals surface area contributed by atoms with Crippen molar-refractivity contribution in [3.05, 3.63) is 34.9 Å². The molecular weight excluding hydrogens is 302 g/mol. The molecule has 6 heteroatoms. The number of piperazine rings is 1. The van der Waals surface area contributed by atoms with Crippen molar-refractivity contribution in [2.24, 2.45) is 0 Å². The molecule has 2 aliphatic heterocycles. The normalized spacial score (nSPS) is 22.4. The van der Waals surface area contributed by atoms with Crippen molar-refractivity contribution in [2.45, 2.75) is 18.6 Å². The Morgan fingerprint density at radius 3 is 2.82 bits per heavy atom. The van der Waals surface area contributed by atoms with Crippen molar-refractivity contribution in [1.29, 1.82) is 0 Å². The number of carbonyl (C=O) groups excluding carboxylic acids is 1. The van der Waals surface area contributed by atoms with Crippen molar-refractivity contribution in [1.82, 2.24) is 15.5 Å². The predicted octanol–water partition coefficient (Wildman–Crippen LogP) is 1.19. The largest absolute Gasteiger partial charge is 0.375 e. The van der Waals surface area contributed by atoms with Crippen LogP contribution in [0.3, 0.4) is 0 Å². The van der Waals surface area contributed by atoms with Gasteiger partial charge in [0, 0.05) is 37.7 Å². The molecule has 0 bridgehead atoms. The van der Waals surface area contributed by atoms with Crippen LogP contribution in [0.5, 0.6) is 0 Å². The van der Waals surface area contributed by atoms with Gasteiger partial charge in [-0.2, -0.15) is 0 Å². The monoisotopic (exact) mass is 323 g/mol. The first-order chi connectivity index (χ1) is 10.8. The number of carbonyl (C=O) groups is 1. The van der Waals surface area contributed by atoms with E-state index in [9.17, 15) is 4.79 Å². The summed E-state index contributed by atoms with van der Waals surface area (Å²) in [6.07, 6.45) is 0.701. The van der Waals surface area contributed by atoms with Gasteiger partial charge in [-0.25, -0.2) is 0 Å². The van der Waals surface area contributed by atoms with Crippen molar-refractivity contribution < 1.29 is 9.53 Å². The van der Waals surface area contributed by atoms with Gasteiger partial charge < -0.3 is 20.3 Å². The van der Waals surface area contributed by atoms with Crippen LogP contribution in [-0.2, 0) is 9.53 Å². The fourth-order valence-corrected chi connectivity index (χ4v) is 3.12. The second-order valence-electron chi connectivity index (χ2n) is 5.73. The van der Waals surface area contributed by atoms with Gasteiger partial charge in [0.05, 0.1) is 25.2 Å². The zero-order valence-electron chi connectivity index (χ0n) is 12.6. The van der Waals surface area contributed by atoms with E-state index in [-0.39, 0.29) is 18.1 Å². The molecule has 0 saturated carbocycles. The first kappa shape index (κ1) is 15.7. The second kappa shape index (κ2) is 7.42. The predicted molar refractivity (Wildman–Crippen MR) is 86.0 cm³/mol. The molecule has 2 fully saturated rings. The number of halogens is 1. The van der Waals surface area contributed by atoms with Crippen LogP contribution in [0.1, 0.15) is 18.0 Å². The summed E-state index contributed by atoms with van der Waals surface area (Å²) in [5.41, 5.74) is 1.01. The van der Waals surface area contributed by atoms with Crippen molar-refractivity contribution in [3.8, 4) is 0 Å². The summed E-state index contributed by atoms with van der Waals surface area (Å²) in [5, 5.41) is 7.21. The van der Waals surface area contributed by atoms with E-state index in [1.54, 1.807) is 0 Å². The highest BCUT2D eigenvalue weighted by Gasteiger charge is 2.29. The van der Waals surface area contributed by atoms with Gasteiger partial charge >= 0.3 is 0 Å². The van der Waals surface area contributed by atoms with Gasteiger partial charge in [-0.05, 0) is 11.6 Å². The topological polar surface area (TPSA) is 53.6 Å². The Kier molecular flexibility index (Phi) is 5.31. The Balaban J connectivity index is 1.61. The summed E-state index contributed by atoms with van der Waals surface area (Å²) in [5.74, 6) is 0.138. The third-order valence-corrected chi connectivity index (χ3v) is 4.59. The summed E-state index contributed by atoms with van der Waals surface area (Å²) >= 11 is 6.30. The molecule has 0 spiro atoms. The van der Waals surface area contributed by atoms with E-state index < -0.39 is 0 Å². The van der Waals surface area contributed by atoms with Crippen LogP contribution < -0.4 is 10.6 Å². The van der Waals surface area contributed by atoms with Crippen LogP contribution in [0.25, 0.3) is 0 Å². The van der Waals surface area contributed by atoms with Gasteiger partial charge in [0.2, 0.25) is 5.91 Å². The van der Waals surface area contributed by atoms with Crippen LogP contribution in [0, 0.1) is 0 Å². The second-order valence-corrected chi connectivity index (χ2v) is 6.14. The first-order valence-electron chi connectivity index (χ1n) is 7.82. The molecule has 1 aromatic rings. The Bertz CT molecular complexity index is 522. The number of hydrogen-bond acceptors (Lipinski definition) is 4. The molecule has 1 unspecified atom stereocenters. The van der Waals surface area contributed by atoms with E-state index in [0.29, 0.717) is 24.6 Å². The fraction of sp³-hybridized carbons (Fsp3) is 0.562. The summed E-state index contributed by atoms with van der Waals surface area (Å²) in [7, 11) is 0. The lowest BCUT2D eigenvalue weighted by Crippen LogP contribution is -2.50. The third kappa shape index (κ3) is 3.60. The van der Waals surface area contributed by atoms with E-state index in [1.165, 1.54) is 0 Å². The highest BCUT2D eigenvalue weighted by Crippen LogP contribution is 2.28. The van der Waals surface area contributed by atoms with E-state index in [2.05, 4.69) is 10.6 Å². The van der Waals surface area contributed by atoms with E-state index in [0.717, 1.165) is 31.7 Å². The minimum atomic E-state index is 0.000296. The number of hydrogen-bond donors (Lipinski definition) is 2. The van der Waals surface area contributed by atoms with Crippen LogP contribution in [0.15, 0.2) is 24.3 Å². The van der Waals surface area contributed by atoms with Crippen molar-refractivity contribution >= 4 is 17.5 Å². The lowest BCUT2D eigenvalue weighted by Gasteiger charge is -2.37. The molecule has 2 aliphatic rings. The summed E-state index contributed by atoms with van der Waals surface area (Å²) in [6, 6.07) is 7.75. The molecule has 1 amide bonds. The Morgan fingerprint density at radius 2 is 2.09 bits per heavy atom. The average Bonchev–Trinajstić information content (AvgIpc) is 2.50. The minimum Gasteiger partial charge on any atom is -0.375 e. The number of nitrogens with one attached hydrogen (secondary N) is 2. The van der Waals surface area contributed by atoms with Gasteiger partial charge in [-0.1, -0.05) is 29.8 Å². The maximum absolute atomic E-state index is 12.5. The maximum Gasteiger partial charge on any atom is 0.225 e. The molecule has 1 aromatic carbocycles. The van der Waals surface area contributed by atoms with Crippen LogP contribution in [0.4, 0.5) is 0 Å². The molecule has 1 atom stereocenters. The lowest BCUT2D eigenvalue weighted by molar-refractivity contribution is -0.136. The van der Waals surface area contributed by atoms with Gasteiger partial charge in [-0.15, -0.1) is 0 Å². The zero-order chi connectivity index (χ0) is 15.4. The zero-order valence-corrected chi connectivity index (χ0v) is 13.3. The van der Waals surface area contributed by atoms with Gasteiger partial charge in [-0.3, -0.25) is 4.79 Å². The number of amides is 1. The molecule has 22 heavy (non-hydrogen) atoms. The molecular formula is C16H22ClN3O2. The fourth-order valence-electron chi connectivity index (χ4n) is 2.86. The molecule has 3 rings (SSSR count). The van der Waals surface area contributed by atoms with Gasteiger partial charge in [0.25, 0.3) is 0 Å². The smallest absolute Gasteiger partial charge is 0.225 e. The Hall–Kier alpha value is -1.14. The molecule has 0 radical (unpaired) electrons. The summed E-state index contributed by atoms with van der Waals surface area (Å²) in [4.78, 5) is 14.5. The molecule has 5 nitrogen and oxygen atoms in total. The van der Waals surface area contributed by atoms with Crippen molar-refractivity contribution in [3.63, 3.8) is 0 Å². The number of benzene rings is 1. The standard InChI is InChI=1S/C16H22ClN3O2/c17-14-4-2-1-3-13(14)15-11-18-6-7-20(15)16(21)5-8-22-12-9-19-10-12/h1-4,12,15,18-19H,5-11H2. The quantitative estimate of drug-likeness (QED) is 0.855. The first-order valence-corrected chi connectivity index (χ1v) is 8.20. The minimum absolute atomic E-state index is 0.000296. The Labute approximate surface area is 136 Å². The highest BCUT2D eigenvalue weighted by molar-refractivity contribution is 6.31. The molecule has 2 heterocycles. The summed E-state index contributed by atoms with van der Waals surface area (Å²) < 4.78 is 5.65. The SMILES string of the molecule is O=C(CCOC1CNC1)N1CCNCC1c1ccccc1Cl. The van der Waals surface area contributed by atoms with Crippen molar-refractivity contribution in [2.75, 3.05) is 39.3 Å². The third-order valence-electron chi connectivity index (χ3n) is 4.24. The Morgan fingerprint density at radius 1 is 1.27 bits per heavy atom. The lowest BCUT2D eigenvalue weighted by atomic mass is 10.0. The molecule has 2 saturated heterocycles. The van der Waals surface area contributed by atoms with Crippen LogP contribution in [0.2, 0.25) is 5.02 Å². The van der Waals surface area contributed by atoms with Crippen LogP contribution >= 0.6 is 11.6 Å². The highest BCUT2D eigenvalue weighted by atomic mass is 35.5. The van der Waals surface area contributed by atoms with Crippen LogP contribution in [-0.4, -0.2) is 56.2 Å². The number of rotatable bonds is 5. The molecule has 120 valence electrons. The molecule has 0 aromatic heterocycles. The van der Waals surface area contributed by atoms with Gasteiger partial charge in [0.1, 0.15) is 0 Å². The van der Waals surface area contributed by atoms with E-state index >= 15 is 0 Å². The summed E-state index contributed by atoms with van der Waals surface area (Å²) in [6.45, 7) is 4.54.